The number of aliphatic carboxylic acids is 2. The molecular weight excluding hydrogens is 843 g/mol. The second-order valence-electron chi connectivity index (χ2n) is 17.3. The van der Waals surface area contributed by atoms with Gasteiger partial charge in [0, 0.05) is 26.5 Å². The Hall–Kier alpha value is -6.11. The first-order valence-corrected chi connectivity index (χ1v) is 21.8. The molecule has 0 spiro atoms. The number of allylic oxidation sites excluding steroid dienone is 2. The van der Waals surface area contributed by atoms with Crippen molar-refractivity contribution in [1.82, 2.24) is 36.8 Å². The summed E-state index contributed by atoms with van der Waals surface area (Å²) in [6, 6.07) is 0.364. The van der Waals surface area contributed by atoms with E-state index in [1.165, 1.54) is 41.7 Å². The maximum Gasteiger partial charge on any atom is 0.327 e. The molecule has 65 heavy (non-hydrogen) atoms. The summed E-state index contributed by atoms with van der Waals surface area (Å²) in [5.41, 5.74) is 1.83. The first-order valence-electron chi connectivity index (χ1n) is 21.8. The number of hydrogen-bond donors (Lipinski definition) is 8. The lowest BCUT2D eigenvalue weighted by Crippen LogP contribution is -2.59. The van der Waals surface area contributed by atoms with Gasteiger partial charge in [-0.05, 0) is 58.4 Å². The van der Waals surface area contributed by atoms with Gasteiger partial charge in [-0.1, -0.05) is 88.8 Å². The summed E-state index contributed by atoms with van der Waals surface area (Å²) in [6.07, 6.45) is 4.93. The molecule has 1 aliphatic heterocycles. The average molecular weight is 912 g/mol. The van der Waals surface area contributed by atoms with Gasteiger partial charge in [0.1, 0.15) is 36.3 Å². The molecule has 360 valence electrons. The quantitative estimate of drug-likeness (QED) is 0.147. The normalized spacial score (nSPS) is 27.8. The maximum atomic E-state index is 13.8. The third kappa shape index (κ3) is 17.4. The summed E-state index contributed by atoms with van der Waals surface area (Å²) in [5.74, 6) is -11.5. The Morgan fingerprint density at radius 1 is 0.754 bits per heavy atom. The topological polar surface area (TPSA) is 279 Å². The molecule has 11 atom stereocenters. The molecular formula is C46H69N7O12. The van der Waals surface area contributed by atoms with Gasteiger partial charge in [-0.2, -0.15) is 0 Å². The smallest absolute Gasteiger partial charge is 0.327 e. The Bertz CT molecular complexity index is 1920. The van der Waals surface area contributed by atoms with Gasteiger partial charge in [0.25, 0.3) is 0 Å². The number of nitrogens with one attached hydrogen (secondary N) is 6. The summed E-state index contributed by atoms with van der Waals surface area (Å²) < 4.78 is 5.79. The van der Waals surface area contributed by atoms with E-state index in [0.717, 1.165) is 16.0 Å². The van der Waals surface area contributed by atoms with E-state index in [0.29, 0.717) is 6.42 Å². The van der Waals surface area contributed by atoms with E-state index in [2.05, 4.69) is 31.9 Å². The predicted molar refractivity (Wildman–Crippen MR) is 240 cm³/mol. The second kappa shape index (κ2) is 26.0. The van der Waals surface area contributed by atoms with E-state index in [4.69, 9.17) is 4.74 Å². The zero-order valence-corrected chi connectivity index (χ0v) is 39.3. The van der Waals surface area contributed by atoms with Crippen LogP contribution in [0, 0.1) is 23.7 Å². The largest absolute Gasteiger partial charge is 0.480 e. The first-order chi connectivity index (χ1) is 30.4. The highest BCUT2D eigenvalue weighted by Gasteiger charge is 2.37. The number of benzene rings is 1. The number of carbonyl (C=O) groups excluding carboxylic acids is 7. The third-order valence-electron chi connectivity index (χ3n) is 11.5. The molecule has 19 heteroatoms. The van der Waals surface area contributed by atoms with Crippen LogP contribution < -0.4 is 31.9 Å². The molecule has 1 fully saturated rings. The second-order valence-corrected chi connectivity index (χ2v) is 17.3. The van der Waals surface area contributed by atoms with Gasteiger partial charge in [-0.15, -0.1) is 0 Å². The summed E-state index contributed by atoms with van der Waals surface area (Å²) in [5, 5.41) is 35.2. The van der Waals surface area contributed by atoms with Crippen molar-refractivity contribution in [2.24, 2.45) is 23.7 Å². The zero-order valence-electron chi connectivity index (χ0n) is 39.3. The van der Waals surface area contributed by atoms with Gasteiger partial charge in [-0.25, -0.2) is 9.59 Å². The number of rotatable bonds is 11. The van der Waals surface area contributed by atoms with Crippen molar-refractivity contribution < 1.29 is 58.1 Å². The van der Waals surface area contributed by atoms with Gasteiger partial charge >= 0.3 is 11.9 Å². The van der Waals surface area contributed by atoms with E-state index in [1.54, 1.807) is 33.1 Å². The third-order valence-corrected chi connectivity index (χ3v) is 11.5. The van der Waals surface area contributed by atoms with Crippen LogP contribution in [0.2, 0.25) is 0 Å². The standard InChI is InChI=1S/C46H69N7O12/c1-24(2)21-35-44(60)52-38(46(63)64)28(6)40(56)47-29(7)41(57)49-33(18-17-25(3)22-26(4)36(65-11)23-32-15-13-12-14-16-32)27(5)39(55)50-34(45(61)62)19-20-37(54)53(10)31(9)43(59)48-30(8)42(58)51-35/h12-18,22,24,26-31,33-36,38H,19-21,23H2,1-11H3,(H,47,56)(H,48,59)(H,49,57)(H,50,55)(H,51,58)(H,52,60)(H,61,62)(H,63,64)/b18-17+,25-22+/t26-,27-,28-,29-,30+,31-,33?,34+,35-,36-,38?/m0/s1. The fourth-order valence-corrected chi connectivity index (χ4v) is 6.97. The SMILES string of the molecule is CO[C@@H](Cc1ccccc1)[C@@H](C)/C=C(C)/C=C/C1NC(=O)[C@H](C)NC(=O)[C@@H](C)C(C(=O)O)NC(=O)[C@H](CC(C)C)NC(=O)[C@@H](C)NC(=O)[C@H](C)N(C)C(=O)CC[C@H](C(=O)O)NC(=O)[C@H]1C. The molecule has 0 saturated carbocycles. The lowest BCUT2D eigenvalue weighted by atomic mass is 9.94. The van der Waals surface area contributed by atoms with Crippen molar-refractivity contribution >= 4 is 53.3 Å². The van der Waals surface area contributed by atoms with E-state index in [9.17, 15) is 53.4 Å². The lowest BCUT2D eigenvalue weighted by molar-refractivity contribution is -0.146. The van der Waals surface area contributed by atoms with Crippen molar-refractivity contribution in [3.63, 3.8) is 0 Å². The molecule has 19 nitrogen and oxygen atoms in total. The van der Waals surface area contributed by atoms with E-state index in [-0.39, 0.29) is 30.8 Å². The van der Waals surface area contributed by atoms with Crippen LogP contribution in [-0.4, -0.2) is 131 Å². The Balaban J connectivity index is 2.57. The van der Waals surface area contributed by atoms with Gasteiger partial charge < -0.3 is 51.8 Å². The number of nitrogens with zero attached hydrogens (tertiary/aromatic N) is 1. The van der Waals surface area contributed by atoms with Gasteiger partial charge in [0.2, 0.25) is 41.4 Å². The van der Waals surface area contributed by atoms with Crippen LogP contribution in [0.1, 0.15) is 87.1 Å². The van der Waals surface area contributed by atoms with Gasteiger partial charge in [0.05, 0.1) is 24.0 Å². The molecule has 2 rings (SSSR count). The number of carbonyl (C=O) groups is 9. The molecule has 8 N–H and O–H groups in total. The van der Waals surface area contributed by atoms with Crippen LogP contribution in [0.3, 0.4) is 0 Å². The molecule has 0 radical (unpaired) electrons. The van der Waals surface area contributed by atoms with E-state index < -0.39 is 114 Å². The van der Waals surface area contributed by atoms with Gasteiger partial charge in [0.15, 0.2) is 0 Å². The van der Waals surface area contributed by atoms with Crippen molar-refractivity contribution in [1.29, 1.82) is 0 Å². The highest BCUT2D eigenvalue weighted by atomic mass is 16.5. The van der Waals surface area contributed by atoms with Gasteiger partial charge in [-0.3, -0.25) is 33.6 Å². The highest BCUT2D eigenvalue weighted by Crippen LogP contribution is 2.18. The number of ether oxygens (including phenoxy) is 1. The van der Waals surface area contributed by atoms with Crippen molar-refractivity contribution in [3.8, 4) is 0 Å². The molecule has 0 aliphatic carbocycles. The molecule has 1 aliphatic rings. The number of amides is 7. The lowest BCUT2D eigenvalue weighted by Gasteiger charge is -2.28. The Morgan fingerprint density at radius 3 is 1.88 bits per heavy atom. The van der Waals surface area contributed by atoms with Crippen molar-refractivity contribution in [2.45, 2.75) is 136 Å². The van der Waals surface area contributed by atoms with Crippen LogP contribution in [0.4, 0.5) is 0 Å². The minimum Gasteiger partial charge on any atom is -0.480 e. The van der Waals surface area contributed by atoms with Crippen LogP contribution in [-0.2, 0) is 54.3 Å². The number of methoxy groups -OCH3 is 1. The Morgan fingerprint density at radius 2 is 1.32 bits per heavy atom. The van der Waals surface area contributed by atoms with Crippen LogP contribution >= 0.6 is 0 Å². The zero-order chi connectivity index (χ0) is 49.3. The maximum absolute atomic E-state index is 13.8. The number of likely N-dealkylation sites (N-methyl/N-ethyl adjacent to an activating group) is 1. The number of carboxylic acids is 2. The first kappa shape index (κ1) is 55.0. The molecule has 0 aromatic heterocycles. The number of carboxylic acid groups (broad SMARTS) is 2. The summed E-state index contributed by atoms with van der Waals surface area (Å²) in [6.45, 7) is 14.1. The molecule has 1 aromatic carbocycles. The van der Waals surface area contributed by atoms with Crippen LogP contribution in [0.25, 0.3) is 0 Å². The molecule has 1 aromatic rings. The van der Waals surface area contributed by atoms with E-state index >= 15 is 0 Å². The predicted octanol–water partition coefficient (Wildman–Crippen LogP) is 1.46. The Kier molecular flexibility index (Phi) is 22.0. The molecule has 1 saturated heterocycles. The molecule has 0 bridgehead atoms. The molecule has 1 heterocycles. The van der Waals surface area contributed by atoms with E-state index in [1.807, 2.05) is 50.3 Å². The van der Waals surface area contributed by atoms with Crippen LogP contribution in [0.15, 0.2) is 54.1 Å². The fraction of sp³-hybridized carbons (Fsp3) is 0.587. The minimum atomic E-state index is -1.81. The average Bonchev–Trinajstić information content (AvgIpc) is 3.25. The highest BCUT2D eigenvalue weighted by molar-refractivity contribution is 5.97. The van der Waals surface area contributed by atoms with Crippen LogP contribution in [0.5, 0.6) is 0 Å². The van der Waals surface area contributed by atoms with Crippen molar-refractivity contribution in [3.05, 3.63) is 59.7 Å². The monoisotopic (exact) mass is 912 g/mol. The summed E-state index contributed by atoms with van der Waals surface area (Å²) >= 11 is 0. The summed E-state index contributed by atoms with van der Waals surface area (Å²) in [7, 11) is 2.94. The van der Waals surface area contributed by atoms with Crippen molar-refractivity contribution in [2.75, 3.05) is 14.2 Å². The molecule has 7 amide bonds. The molecule has 2 unspecified atom stereocenters. The number of hydrogen-bond acceptors (Lipinski definition) is 10. The summed E-state index contributed by atoms with van der Waals surface area (Å²) in [4.78, 5) is 120. The Labute approximate surface area is 381 Å². The minimum absolute atomic E-state index is 0.0506. The fourth-order valence-electron chi connectivity index (χ4n) is 6.97.